The third-order valence-electron chi connectivity index (χ3n) is 0.707. The van der Waals surface area contributed by atoms with Gasteiger partial charge in [-0.05, 0) is 0 Å². The zero-order chi connectivity index (χ0) is 4.12. The second kappa shape index (κ2) is 9.50. The molecule has 0 amide bonds. The molecule has 2 heteroatoms. The van der Waals surface area contributed by atoms with Crippen LogP contribution in [0.15, 0.2) is 0 Å². The van der Waals surface area contributed by atoms with Crippen LogP contribution in [-0.4, -0.2) is 17.7 Å². The second-order valence-electron chi connectivity index (χ2n) is 1.35. The van der Waals surface area contributed by atoms with E-state index < -0.39 is 0 Å². The molecule has 0 aliphatic rings. The molecular weight excluding hydrogens is 61.9 g/mol. The molecule has 0 unspecified atom stereocenters. The number of hydrogen-bond donors (Lipinski definition) is 0. The van der Waals surface area contributed by atoms with Gasteiger partial charge in [0.25, 0.3) is 0 Å². The Balaban J connectivity index is -0.0000000800. The standard InChI is InChI=1S/C4H9.2Li.H/c1-3-4-2;;;/h1,3-4H2,2H3;;;/q;;+1;-1. The Kier molecular flexibility index (Phi) is 16.2. The summed E-state index contributed by atoms with van der Waals surface area (Å²) in [4.78, 5) is 0. The predicted molar refractivity (Wildman–Crippen MR) is 26.6 cm³/mol. The summed E-state index contributed by atoms with van der Waals surface area (Å²) in [5.41, 5.74) is 0. The summed E-state index contributed by atoms with van der Waals surface area (Å²) in [6, 6.07) is 0. The van der Waals surface area contributed by atoms with Gasteiger partial charge in [-0.1, -0.05) is 0 Å². The van der Waals surface area contributed by atoms with Crippen molar-refractivity contribution in [2.24, 2.45) is 0 Å². The molecule has 0 radical (unpaired) electrons. The van der Waals surface area contributed by atoms with Crippen molar-refractivity contribution >= 4 is 17.7 Å². The van der Waals surface area contributed by atoms with Crippen LogP contribution in [0.3, 0.4) is 0 Å². The molecule has 0 aromatic rings. The zero-order valence-electron chi connectivity index (χ0n) is 6.12. The molecule has 0 rings (SSSR count). The van der Waals surface area contributed by atoms with Gasteiger partial charge < -0.3 is 1.43 Å². The first kappa shape index (κ1) is 10.2. The minimum absolute atomic E-state index is 0. The third-order valence-corrected chi connectivity index (χ3v) is 0.707. The van der Waals surface area contributed by atoms with Crippen molar-refractivity contribution in [3.05, 3.63) is 0 Å². The molecule has 0 aromatic carbocycles. The van der Waals surface area contributed by atoms with Crippen molar-refractivity contribution in [1.82, 2.24) is 0 Å². The molecular formula is C4H10Li2. The molecule has 0 aliphatic heterocycles. The van der Waals surface area contributed by atoms with Crippen molar-refractivity contribution in [3.63, 3.8) is 0 Å². The monoisotopic (exact) mass is 72.1 g/mol. The number of rotatable bonds is 2. The summed E-state index contributed by atoms with van der Waals surface area (Å²) in [5, 5.41) is 1.34. The van der Waals surface area contributed by atoms with E-state index in [1.807, 2.05) is 0 Å². The Morgan fingerprint density at radius 2 is 2.17 bits per heavy atom. The first-order chi connectivity index (χ1) is 2.41. The molecule has 0 saturated heterocycles. The van der Waals surface area contributed by atoms with Crippen LogP contribution in [0.25, 0.3) is 0 Å². The van der Waals surface area contributed by atoms with Gasteiger partial charge in [-0.15, -0.1) is 0 Å². The molecule has 0 N–H and O–H groups in total. The van der Waals surface area contributed by atoms with Crippen molar-refractivity contribution in [3.8, 4) is 0 Å². The van der Waals surface area contributed by atoms with Gasteiger partial charge in [0.15, 0.2) is 0 Å². The predicted octanol–water partition coefficient (Wildman–Crippen LogP) is -1.51. The van der Waals surface area contributed by atoms with Gasteiger partial charge in [0.05, 0.1) is 0 Å². The summed E-state index contributed by atoms with van der Waals surface area (Å²) in [7, 11) is 0. The van der Waals surface area contributed by atoms with Gasteiger partial charge in [-0.3, -0.25) is 0 Å². The van der Waals surface area contributed by atoms with Crippen LogP contribution < -0.4 is 18.9 Å². The Bertz CT molecular complexity index is 17.2. The van der Waals surface area contributed by atoms with Crippen molar-refractivity contribution in [2.45, 2.75) is 24.9 Å². The fraction of sp³-hybridized carbons (Fsp3) is 1.00. The first-order valence-corrected chi connectivity index (χ1v) is 2.41. The van der Waals surface area contributed by atoms with Crippen LogP contribution in [0, 0.1) is 0 Å². The fourth-order valence-corrected chi connectivity index (χ4v) is 0.354. The van der Waals surface area contributed by atoms with E-state index in [1.165, 1.54) is 17.9 Å². The number of unbranched alkanes of at least 4 members (excludes halogenated alkanes) is 1. The van der Waals surface area contributed by atoms with Crippen LogP contribution in [0.2, 0.25) is 5.09 Å². The van der Waals surface area contributed by atoms with Crippen LogP contribution in [0.4, 0.5) is 0 Å². The second-order valence-corrected chi connectivity index (χ2v) is 1.35. The van der Waals surface area contributed by atoms with E-state index in [1.54, 1.807) is 0 Å². The average Bonchev–Trinajstić information content (AvgIpc) is 1.41. The van der Waals surface area contributed by atoms with Gasteiger partial charge >= 0.3 is 61.4 Å². The quantitative estimate of drug-likeness (QED) is 0.348. The first-order valence-electron chi connectivity index (χ1n) is 2.41. The zero-order valence-corrected chi connectivity index (χ0v) is 5.12. The summed E-state index contributed by atoms with van der Waals surface area (Å²) >= 11 is 2.21. The Morgan fingerprint density at radius 3 is 2.17 bits per heavy atom. The molecule has 28 valence electrons. The molecule has 0 aromatic heterocycles. The SMILES string of the molecule is [H-].[Li+].[Li][CH2]CCC. The van der Waals surface area contributed by atoms with Gasteiger partial charge in [0.1, 0.15) is 0 Å². The van der Waals surface area contributed by atoms with E-state index >= 15 is 0 Å². The molecule has 0 atom stereocenters. The summed E-state index contributed by atoms with van der Waals surface area (Å²) in [5.74, 6) is 0. The maximum atomic E-state index is 2.21. The van der Waals surface area contributed by atoms with E-state index in [0.717, 1.165) is 0 Å². The summed E-state index contributed by atoms with van der Waals surface area (Å²) in [6.07, 6.45) is 2.73. The summed E-state index contributed by atoms with van der Waals surface area (Å²) < 4.78 is 0. The van der Waals surface area contributed by atoms with E-state index in [0.29, 0.717) is 0 Å². The molecule has 0 bridgehead atoms. The average molecular weight is 72.0 g/mol. The molecule has 0 nitrogen and oxygen atoms in total. The van der Waals surface area contributed by atoms with Crippen molar-refractivity contribution in [1.29, 1.82) is 0 Å². The van der Waals surface area contributed by atoms with E-state index in [-0.39, 0.29) is 20.3 Å². The van der Waals surface area contributed by atoms with Crippen LogP contribution in [-0.2, 0) is 0 Å². The fourth-order valence-electron chi connectivity index (χ4n) is 0.354. The van der Waals surface area contributed by atoms with Gasteiger partial charge in [0, 0.05) is 0 Å². The summed E-state index contributed by atoms with van der Waals surface area (Å²) in [6.45, 7) is 2.21. The van der Waals surface area contributed by atoms with Crippen LogP contribution in [0.1, 0.15) is 21.2 Å². The van der Waals surface area contributed by atoms with E-state index in [9.17, 15) is 0 Å². The van der Waals surface area contributed by atoms with Gasteiger partial charge in [-0.25, -0.2) is 0 Å². The molecule has 6 heavy (non-hydrogen) atoms. The van der Waals surface area contributed by atoms with Crippen molar-refractivity contribution in [2.75, 3.05) is 0 Å². The van der Waals surface area contributed by atoms with Gasteiger partial charge in [-0.2, -0.15) is 0 Å². The normalized spacial score (nSPS) is 7.17. The maximum absolute atomic E-state index is 2.21. The third kappa shape index (κ3) is 8.96. The molecule has 0 fully saturated rings. The van der Waals surface area contributed by atoms with Gasteiger partial charge in [0.2, 0.25) is 0 Å². The Morgan fingerprint density at radius 1 is 1.67 bits per heavy atom. The van der Waals surface area contributed by atoms with Crippen molar-refractivity contribution < 1.29 is 20.3 Å². The molecule has 0 heterocycles. The van der Waals surface area contributed by atoms with Crippen LogP contribution in [0.5, 0.6) is 0 Å². The Hall–Kier alpha value is 1.19. The van der Waals surface area contributed by atoms with E-state index in [2.05, 4.69) is 24.6 Å². The van der Waals surface area contributed by atoms with E-state index in [4.69, 9.17) is 0 Å². The molecule has 0 spiro atoms. The Labute approximate surface area is 62.9 Å². The number of hydrogen-bond acceptors (Lipinski definition) is 0. The molecule has 0 saturated carbocycles. The molecule has 0 aliphatic carbocycles. The van der Waals surface area contributed by atoms with Crippen LogP contribution >= 0.6 is 0 Å². The minimum atomic E-state index is 0. The topological polar surface area (TPSA) is 0 Å².